The van der Waals surface area contributed by atoms with Crippen LogP contribution in [-0.4, -0.2) is 49.3 Å². The van der Waals surface area contributed by atoms with E-state index in [0.717, 1.165) is 70.6 Å². The summed E-state index contributed by atoms with van der Waals surface area (Å²) in [5.41, 5.74) is 5.36. The molecule has 0 spiro atoms. The smallest absolute Gasteiger partial charge is 0.462 e. The minimum Gasteiger partial charge on any atom is -0.462 e. The highest BCUT2D eigenvalue weighted by Gasteiger charge is 2.26. The van der Waals surface area contributed by atoms with Crippen molar-refractivity contribution in [1.29, 1.82) is 0 Å². The molecule has 0 amide bonds. The maximum Gasteiger partial charge on any atom is 0.472 e. The van der Waals surface area contributed by atoms with E-state index in [1.165, 1.54) is 122 Å². The number of hydrogen-bond donors (Lipinski definition) is 2. The lowest BCUT2D eigenvalue weighted by molar-refractivity contribution is -0.161. The second kappa shape index (κ2) is 50.9. The van der Waals surface area contributed by atoms with Gasteiger partial charge in [0.25, 0.3) is 0 Å². The van der Waals surface area contributed by atoms with Crippen molar-refractivity contribution in [2.45, 2.75) is 238 Å². The highest BCUT2D eigenvalue weighted by Crippen LogP contribution is 2.43. The molecule has 0 aromatic heterocycles. The first kappa shape index (κ1) is 62.4. The molecule has 0 aliphatic rings. The second-order valence-electron chi connectivity index (χ2n) is 17.4. The minimum absolute atomic E-state index is 0.0470. The Balaban J connectivity index is 3.94. The molecular weight excluding hydrogens is 834 g/mol. The number of unbranched alkanes of at least 4 members (excludes halogenated alkanes) is 24. The van der Waals surface area contributed by atoms with Gasteiger partial charge in [0.1, 0.15) is 6.61 Å². The van der Waals surface area contributed by atoms with Crippen molar-refractivity contribution in [3.8, 4) is 0 Å². The van der Waals surface area contributed by atoms with Gasteiger partial charge in [-0.1, -0.05) is 209 Å². The number of ether oxygens (including phenoxy) is 2. The third-order valence-corrected chi connectivity index (χ3v) is 12.1. The molecule has 0 saturated carbocycles. The SMILES string of the molecule is CC/C=C\C/C=C\C/C=C\CCCCCC(=O)OCC(COP(=O)(O)OCCN)OC(=O)CCCCCCCCCCCCCCCCCC/C=C\C/C=C\C/C=C\CCCCCCC. The van der Waals surface area contributed by atoms with Gasteiger partial charge in [-0.3, -0.25) is 18.6 Å². The summed E-state index contributed by atoms with van der Waals surface area (Å²) >= 11 is 0. The van der Waals surface area contributed by atoms with Crippen LogP contribution in [0.15, 0.2) is 72.9 Å². The van der Waals surface area contributed by atoms with Crippen LogP contribution in [0.25, 0.3) is 0 Å². The summed E-state index contributed by atoms with van der Waals surface area (Å²) in [4.78, 5) is 35.0. The van der Waals surface area contributed by atoms with Gasteiger partial charge in [0.15, 0.2) is 6.10 Å². The van der Waals surface area contributed by atoms with Gasteiger partial charge in [-0.25, -0.2) is 4.57 Å². The Morgan fingerprint density at radius 1 is 0.477 bits per heavy atom. The summed E-state index contributed by atoms with van der Waals surface area (Å²) in [5, 5.41) is 0. The fraction of sp³-hybridized carbons (Fsp3) is 0.745. The first-order chi connectivity index (χ1) is 31.8. The van der Waals surface area contributed by atoms with Crippen LogP contribution in [0.1, 0.15) is 232 Å². The largest absolute Gasteiger partial charge is 0.472 e. The Labute approximate surface area is 399 Å². The highest BCUT2D eigenvalue weighted by molar-refractivity contribution is 7.47. The van der Waals surface area contributed by atoms with Crippen LogP contribution in [0, 0.1) is 0 Å². The van der Waals surface area contributed by atoms with Crippen LogP contribution in [0.4, 0.5) is 0 Å². The molecule has 0 aliphatic carbocycles. The Kier molecular flexibility index (Phi) is 48.9. The standard InChI is InChI=1S/C55H98NO8P/c1-3-5-7-9-11-13-15-17-18-19-20-21-22-23-24-25-26-27-28-29-30-31-32-33-34-36-38-40-42-44-46-48-55(58)64-53(52-63-65(59,60)62-50-49-56)51-61-54(57)47-45-43-41-39-37-35-16-14-12-10-8-6-4-2/h6,8,12,14-15,17,19-20,22-23,35,37,53H,3-5,7,9-11,13,16,18,21,24-34,36,38-52,56H2,1-2H3,(H,59,60)/b8-6-,14-12-,17-15-,20-19-,23-22-,37-35-. The Hall–Kier alpha value is -2.55. The average Bonchev–Trinajstić information content (AvgIpc) is 3.30. The molecule has 0 bridgehead atoms. The van der Waals surface area contributed by atoms with E-state index in [2.05, 4.69) is 86.8 Å². The van der Waals surface area contributed by atoms with E-state index in [9.17, 15) is 19.0 Å². The fourth-order valence-electron chi connectivity index (χ4n) is 7.19. The van der Waals surface area contributed by atoms with Crippen molar-refractivity contribution < 1.29 is 37.6 Å². The Morgan fingerprint density at radius 3 is 1.28 bits per heavy atom. The molecule has 0 rings (SSSR count). The van der Waals surface area contributed by atoms with Gasteiger partial charge in [-0.05, 0) is 83.5 Å². The molecule has 0 fully saturated rings. The number of rotatable bonds is 49. The van der Waals surface area contributed by atoms with Crippen molar-refractivity contribution in [1.82, 2.24) is 0 Å². The number of carbonyl (C=O) groups is 2. The minimum atomic E-state index is -4.39. The van der Waals surface area contributed by atoms with Gasteiger partial charge in [0.05, 0.1) is 13.2 Å². The van der Waals surface area contributed by atoms with Crippen molar-refractivity contribution in [3.05, 3.63) is 72.9 Å². The van der Waals surface area contributed by atoms with Gasteiger partial charge in [0, 0.05) is 19.4 Å². The molecule has 376 valence electrons. The summed E-state index contributed by atoms with van der Waals surface area (Å²) in [6, 6.07) is 0. The van der Waals surface area contributed by atoms with E-state index < -0.39 is 32.5 Å². The van der Waals surface area contributed by atoms with Crippen LogP contribution < -0.4 is 5.73 Å². The zero-order valence-corrected chi connectivity index (χ0v) is 42.6. The predicted octanol–water partition coefficient (Wildman–Crippen LogP) is 16.2. The van der Waals surface area contributed by atoms with Gasteiger partial charge in [-0.15, -0.1) is 0 Å². The zero-order valence-electron chi connectivity index (χ0n) is 41.7. The van der Waals surface area contributed by atoms with E-state index >= 15 is 0 Å². The Bertz CT molecular complexity index is 1290. The predicted molar refractivity (Wildman–Crippen MR) is 275 cm³/mol. The number of esters is 2. The van der Waals surface area contributed by atoms with Crippen LogP contribution in [0.3, 0.4) is 0 Å². The number of carbonyl (C=O) groups excluding carboxylic acids is 2. The zero-order chi connectivity index (χ0) is 47.4. The molecule has 0 heterocycles. The highest BCUT2D eigenvalue weighted by atomic mass is 31.2. The van der Waals surface area contributed by atoms with Crippen molar-refractivity contribution in [2.75, 3.05) is 26.4 Å². The molecule has 0 aromatic carbocycles. The topological polar surface area (TPSA) is 134 Å². The molecule has 9 nitrogen and oxygen atoms in total. The van der Waals surface area contributed by atoms with Gasteiger partial charge in [0.2, 0.25) is 0 Å². The molecule has 3 N–H and O–H groups in total. The molecular formula is C55H98NO8P. The lowest BCUT2D eigenvalue weighted by Crippen LogP contribution is -2.29. The molecule has 0 saturated heterocycles. The number of phosphoric ester groups is 1. The first-order valence-corrected chi connectivity index (χ1v) is 27.9. The molecule has 0 radical (unpaired) electrons. The number of hydrogen-bond acceptors (Lipinski definition) is 8. The summed E-state index contributed by atoms with van der Waals surface area (Å²) in [6.45, 7) is 3.58. The van der Waals surface area contributed by atoms with Crippen LogP contribution in [0.2, 0.25) is 0 Å². The normalized spacial score (nSPS) is 13.7. The van der Waals surface area contributed by atoms with E-state index in [-0.39, 0.29) is 32.6 Å². The average molecular weight is 932 g/mol. The quantitative estimate of drug-likeness (QED) is 0.0265. The second-order valence-corrected chi connectivity index (χ2v) is 18.8. The van der Waals surface area contributed by atoms with E-state index in [1.54, 1.807) is 0 Å². The van der Waals surface area contributed by atoms with E-state index in [0.29, 0.717) is 12.8 Å². The van der Waals surface area contributed by atoms with E-state index in [1.807, 2.05) is 0 Å². The number of nitrogens with two attached hydrogens (primary N) is 1. The maximum atomic E-state index is 12.7. The third-order valence-electron chi connectivity index (χ3n) is 11.1. The molecule has 2 atom stereocenters. The monoisotopic (exact) mass is 932 g/mol. The van der Waals surface area contributed by atoms with Gasteiger partial charge in [-0.2, -0.15) is 0 Å². The van der Waals surface area contributed by atoms with Crippen molar-refractivity contribution >= 4 is 19.8 Å². The first-order valence-electron chi connectivity index (χ1n) is 26.4. The number of allylic oxidation sites excluding steroid dienone is 12. The van der Waals surface area contributed by atoms with Crippen LogP contribution in [-0.2, 0) is 32.7 Å². The van der Waals surface area contributed by atoms with Gasteiger partial charge >= 0.3 is 19.8 Å². The summed E-state index contributed by atoms with van der Waals surface area (Å²) in [5.74, 6) is -0.862. The third kappa shape index (κ3) is 50.7. The summed E-state index contributed by atoms with van der Waals surface area (Å²) in [6.07, 6.45) is 63.9. The summed E-state index contributed by atoms with van der Waals surface area (Å²) in [7, 11) is -4.39. The van der Waals surface area contributed by atoms with Crippen molar-refractivity contribution in [2.24, 2.45) is 5.73 Å². The molecule has 2 unspecified atom stereocenters. The van der Waals surface area contributed by atoms with Gasteiger partial charge < -0.3 is 20.1 Å². The Morgan fingerprint density at radius 2 is 0.846 bits per heavy atom. The van der Waals surface area contributed by atoms with Crippen LogP contribution in [0.5, 0.6) is 0 Å². The molecule has 10 heteroatoms. The molecule has 0 aromatic rings. The lowest BCUT2D eigenvalue weighted by Gasteiger charge is -2.19. The molecule has 65 heavy (non-hydrogen) atoms. The lowest BCUT2D eigenvalue weighted by atomic mass is 10.0. The van der Waals surface area contributed by atoms with Crippen molar-refractivity contribution in [3.63, 3.8) is 0 Å². The fourth-order valence-corrected chi connectivity index (χ4v) is 7.95. The van der Waals surface area contributed by atoms with Crippen LogP contribution >= 0.6 is 7.82 Å². The van der Waals surface area contributed by atoms with E-state index in [4.69, 9.17) is 24.3 Å². The number of phosphoric acid groups is 1. The summed E-state index contributed by atoms with van der Waals surface area (Å²) < 4.78 is 32.9. The molecule has 0 aliphatic heterocycles. The maximum absolute atomic E-state index is 12.7.